The molecule has 0 aliphatic carbocycles. The van der Waals surface area contributed by atoms with Crippen molar-refractivity contribution < 1.29 is 9.18 Å². The van der Waals surface area contributed by atoms with Crippen molar-refractivity contribution in [3.63, 3.8) is 0 Å². The Morgan fingerprint density at radius 1 is 1.70 bits per heavy atom. The number of nitrogens with zero attached hydrogens (tertiary/aromatic N) is 1. The highest BCUT2D eigenvalue weighted by molar-refractivity contribution is 8.00. The Morgan fingerprint density at radius 3 is 3.10 bits per heavy atom. The molecular formula is C6H8FNOS. The quantitative estimate of drug-likeness (QED) is 0.493. The Kier molecular flexibility index (Phi) is 1.37. The lowest BCUT2D eigenvalue weighted by Crippen LogP contribution is -2.54. The summed E-state index contributed by atoms with van der Waals surface area (Å²) in [7, 11) is 0. The summed E-state index contributed by atoms with van der Waals surface area (Å²) in [5.41, 5.74) is -0.741. The van der Waals surface area contributed by atoms with Gasteiger partial charge in [-0.15, -0.1) is 0 Å². The van der Waals surface area contributed by atoms with Crippen LogP contribution in [0.1, 0.15) is 12.8 Å². The fourth-order valence-corrected chi connectivity index (χ4v) is 2.49. The van der Waals surface area contributed by atoms with Crippen molar-refractivity contribution in [2.75, 3.05) is 6.54 Å². The molecule has 2 aliphatic heterocycles. The number of carbonyl (C=O) groups excluding carboxylic acids is 1. The highest BCUT2D eigenvalue weighted by atomic mass is 32.2. The summed E-state index contributed by atoms with van der Waals surface area (Å²) in [4.78, 5) is 12.5. The molecule has 56 valence electrons. The normalized spacial score (nSPS) is 38.9. The number of β-lactam (4-membered cyclic amide) rings is 1. The zero-order chi connectivity index (χ0) is 7.14. The van der Waals surface area contributed by atoms with Crippen LogP contribution in [0.15, 0.2) is 0 Å². The van der Waals surface area contributed by atoms with Crippen LogP contribution < -0.4 is 0 Å². The third-order valence-corrected chi connectivity index (χ3v) is 3.19. The molecule has 0 radical (unpaired) electrons. The SMILES string of the molecule is O=C1C[C@H]2SC(F)CCN12. The highest BCUT2D eigenvalue weighted by Crippen LogP contribution is 2.38. The van der Waals surface area contributed by atoms with Gasteiger partial charge >= 0.3 is 0 Å². The summed E-state index contributed by atoms with van der Waals surface area (Å²) in [5, 5.41) is 0.163. The summed E-state index contributed by atoms with van der Waals surface area (Å²) in [5.74, 6) is 0.185. The summed E-state index contributed by atoms with van der Waals surface area (Å²) in [6, 6.07) is 0. The largest absolute Gasteiger partial charge is 0.330 e. The molecule has 2 aliphatic rings. The van der Waals surface area contributed by atoms with Crippen LogP contribution in [0, 0.1) is 0 Å². The van der Waals surface area contributed by atoms with Crippen molar-refractivity contribution in [1.82, 2.24) is 4.90 Å². The predicted molar refractivity (Wildman–Crippen MR) is 37.2 cm³/mol. The number of hydrogen-bond donors (Lipinski definition) is 0. The molecule has 0 aromatic carbocycles. The maximum Gasteiger partial charge on any atom is 0.226 e. The second-order valence-corrected chi connectivity index (χ2v) is 3.91. The fourth-order valence-electron chi connectivity index (χ4n) is 1.29. The van der Waals surface area contributed by atoms with Crippen LogP contribution in [0.5, 0.6) is 0 Å². The summed E-state index contributed by atoms with van der Waals surface area (Å²) < 4.78 is 12.6. The molecule has 10 heavy (non-hydrogen) atoms. The zero-order valence-corrected chi connectivity index (χ0v) is 6.23. The minimum atomic E-state index is -0.741. The van der Waals surface area contributed by atoms with Gasteiger partial charge in [0.2, 0.25) is 5.91 Å². The van der Waals surface area contributed by atoms with Crippen molar-refractivity contribution in [2.24, 2.45) is 0 Å². The number of rotatable bonds is 0. The molecule has 2 atom stereocenters. The maximum atomic E-state index is 12.6. The maximum absolute atomic E-state index is 12.6. The Balaban J connectivity index is 1.99. The van der Waals surface area contributed by atoms with Gasteiger partial charge in [-0.1, -0.05) is 11.8 Å². The van der Waals surface area contributed by atoms with Gasteiger partial charge in [-0.3, -0.25) is 4.79 Å². The van der Waals surface area contributed by atoms with Crippen molar-refractivity contribution >= 4 is 17.7 Å². The molecule has 0 saturated carbocycles. The molecule has 2 fully saturated rings. The smallest absolute Gasteiger partial charge is 0.226 e. The Bertz CT molecular complexity index is 175. The van der Waals surface area contributed by atoms with Gasteiger partial charge in [-0.2, -0.15) is 0 Å². The van der Waals surface area contributed by atoms with Crippen LogP contribution >= 0.6 is 11.8 Å². The van der Waals surface area contributed by atoms with E-state index in [1.54, 1.807) is 4.90 Å². The van der Waals surface area contributed by atoms with E-state index in [2.05, 4.69) is 0 Å². The van der Waals surface area contributed by atoms with Crippen LogP contribution in [0.25, 0.3) is 0 Å². The first-order chi connectivity index (χ1) is 4.77. The van der Waals surface area contributed by atoms with Gasteiger partial charge in [0.1, 0.15) is 5.50 Å². The van der Waals surface area contributed by atoms with Crippen LogP contribution in [0.3, 0.4) is 0 Å². The average Bonchev–Trinajstić information content (AvgIpc) is 1.86. The molecule has 2 heterocycles. The van der Waals surface area contributed by atoms with Gasteiger partial charge in [0.25, 0.3) is 0 Å². The van der Waals surface area contributed by atoms with E-state index in [4.69, 9.17) is 0 Å². The van der Waals surface area contributed by atoms with Crippen LogP contribution in [0.2, 0.25) is 0 Å². The Hall–Kier alpha value is -0.250. The lowest BCUT2D eigenvalue weighted by Gasteiger charge is -2.44. The van der Waals surface area contributed by atoms with Crippen LogP contribution in [0.4, 0.5) is 4.39 Å². The van der Waals surface area contributed by atoms with E-state index in [0.29, 0.717) is 19.4 Å². The Labute approximate surface area is 62.8 Å². The van der Waals surface area contributed by atoms with Gasteiger partial charge in [-0.25, -0.2) is 4.39 Å². The molecule has 1 unspecified atom stereocenters. The lowest BCUT2D eigenvalue weighted by molar-refractivity contribution is -0.142. The van der Waals surface area contributed by atoms with Gasteiger partial charge < -0.3 is 4.90 Å². The van der Waals surface area contributed by atoms with E-state index >= 15 is 0 Å². The van der Waals surface area contributed by atoms with E-state index in [1.807, 2.05) is 0 Å². The first kappa shape index (κ1) is 6.46. The molecule has 0 aromatic heterocycles. The van der Waals surface area contributed by atoms with E-state index < -0.39 is 5.50 Å². The minimum Gasteiger partial charge on any atom is -0.330 e. The first-order valence-corrected chi connectivity index (χ1v) is 4.30. The third kappa shape index (κ3) is 0.820. The molecule has 2 nitrogen and oxygen atoms in total. The zero-order valence-electron chi connectivity index (χ0n) is 5.42. The molecule has 0 bridgehead atoms. The van der Waals surface area contributed by atoms with Crippen molar-refractivity contribution in [2.45, 2.75) is 23.7 Å². The third-order valence-electron chi connectivity index (χ3n) is 1.92. The summed E-state index contributed by atoms with van der Waals surface area (Å²) >= 11 is 1.28. The number of thioether (sulfide) groups is 1. The summed E-state index contributed by atoms with van der Waals surface area (Å²) in [6.07, 6.45) is 1.05. The molecule has 4 heteroatoms. The van der Waals surface area contributed by atoms with Crippen LogP contribution in [-0.2, 0) is 4.79 Å². The molecular weight excluding hydrogens is 153 g/mol. The molecule has 2 saturated heterocycles. The average molecular weight is 161 g/mol. The second kappa shape index (κ2) is 2.12. The molecule has 2 rings (SSSR count). The van der Waals surface area contributed by atoms with Gasteiger partial charge in [-0.05, 0) is 0 Å². The van der Waals surface area contributed by atoms with E-state index in [1.165, 1.54) is 11.8 Å². The number of fused-ring (bicyclic) bond motifs is 1. The number of hydrogen-bond acceptors (Lipinski definition) is 2. The van der Waals surface area contributed by atoms with E-state index in [-0.39, 0.29) is 11.3 Å². The monoisotopic (exact) mass is 161 g/mol. The van der Waals surface area contributed by atoms with Gasteiger partial charge in [0.15, 0.2) is 0 Å². The standard InChI is InChI=1S/C6H8FNOS/c7-4-1-2-8-5(9)3-6(8)10-4/h4,6H,1-3H2/t4?,6-/m1/s1. The fraction of sp³-hybridized carbons (Fsp3) is 0.833. The first-order valence-electron chi connectivity index (χ1n) is 3.36. The highest BCUT2D eigenvalue weighted by Gasteiger charge is 2.41. The molecule has 1 amide bonds. The predicted octanol–water partition coefficient (Wildman–Crippen LogP) is 0.977. The van der Waals surface area contributed by atoms with Crippen molar-refractivity contribution in [1.29, 1.82) is 0 Å². The number of carbonyl (C=O) groups is 1. The molecule has 0 N–H and O–H groups in total. The number of halogens is 1. The summed E-state index contributed by atoms with van der Waals surface area (Å²) in [6.45, 7) is 0.623. The Morgan fingerprint density at radius 2 is 2.50 bits per heavy atom. The molecule has 0 aromatic rings. The van der Waals surface area contributed by atoms with Gasteiger partial charge in [0.05, 0.1) is 11.8 Å². The van der Waals surface area contributed by atoms with Crippen LogP contribution in [-0.4, -0.2) is 28.2 Å². The van der Waals surface area contributed by atoms with Crippen molar-refractivity contribution in [3.05, 3.63) is 0 Å². The van der Waals surface area contributed by atoms with Crippen molar-refractivity contribution in [3.8, 4) is 0 Å². The minimum absolute atomic E-state index is 0.163. The van der Waals surface area contributed by atoms with E-state index in [9.17, 15) is 9.18 Å². The number of amides is 1. The van der Waals surface area contributed by atoms with E-state index in [0.717, 1.165) is 0 Å². The number of alkyl halides is 1. The molecule has 0 spiro atoms. The lowest BCUT2D eigenvalue weighted by atomic mass is 10.2. The van der Waals surface area contributed by atoms with Gasteiger partial charge in [0, 0.05) is 13.0 Å². The second-order valence-electron chi connectivity index (χ2n) is 2.58. The topological polar surface area (TPSA) is 20.3 Å².